The lowest BCUT2D eigenvalue weighted by Crippen LogP contribution is -2.49. The van der Waals surface area contributed by atoms with Gasteiger partial charge in [0.2, 0.25) is 17.7 Å². The Hall–Kier alpha value is -3.17. The van der Waals surface area contributed by atoms with Crippen LogP contribution in [0.2, 0.25) is 15.1 Å². The Labute approximate surface area is 251 Å². The maximum Gasteiger partial charge on any atom is 0.250 e. The van der Waals surface area contributed by atoms with Crippen molar-refractivity contribution >= 4 is 63.9 Å². The molecule has 3 aromatic rings. The molecule has 7 nitrogen and oxygen atoms in total. The van der Waals surface area contributed by atoms with E-state index in [-0.39, 0.29) is 32.5 Å². The van der Waals surface area contributed by atoms with E-state index in [0.29, 0.717) is 28.4 Å². The summed E-state index contributed by atoms with van der Waals surface area (Å²) in [6, 6.07) is 12.3. The van der Waals surface area contributed by atoms with E-state index in [4.69, 9.17) is 40.5 Å². The van der Waals surface area contributed by atoms with Gasteiger partial charge in [-0.1, -0.05) is 73.8 Å². The highest BCUT2D eigenvalue weighted by Gasteiger charge is 2.66. The minimum absolute atomic E-state index is 0.0650. The summed E-state index contributed by atoms with van der Waals surface area (Å²) in [6.45, 7) is 6.09. The lowest BCUT2D eigenvalue weighted by molar-refractivity contribution is -0.122. The van der Waals surface area contributed by atoms with E-state index in [2.05, 4.69) is 16.0 Å². The van der Waals surface area contributed by atoms with Crippen molar-refractivity contribution in [1.29, 1.82) is 0 Å². The molecule has 3 aromatic carbocycles. The molecule has 41 heavy (non-hydrogen) atoms. The predicted octanol–water partition coefficient (Wildman–Crippen LogP) is 6.27. The number of carbonyl (C=O) groups excluding carboxylic acids is 3. The van der Waals surface area contributed by atoms with Crippen LogP contribution < -0.4 is 21.7 Å². The summed E-state index contributed by atoms with van der Waals surface area (Å²) < 4.78 is 15.9. The second-order valence-electron chi connectivity index (χ2n) is 11.6. The number of hydrogen-bond donors (Lipinski definition) is 4. The number of fused-ring (bicyclic) bond motifs is 2. The highest BCUT2D eigenvalue weighted by atomic mass is 35.5. The molecule has 214 valence electrons. The lowest BCUT2D eigenvalue weighted by Gasteiger charge is -2.37. The summed E-state index contributed by atoms with van der Waals surface area (Å²) in [7, 11) is 0. The van der Waals surface area contributed by atoms with Crippen molar-refractivity contribution in [1.82, 2.24) is 5.32 Å². The first-order valence-electron chi connectivity index (χ1n) is 13.0. The average Bonchev–Trinajstić information content (AvgIpc) is 3.34. The highest BCUT2D eigenvalue weighted by molar-refractivity contribution is 6.34. The zero-order valence-corrected chi connectivity index (χ0v) is 24.7. The van der Waals surface area contributed by atoms with Crippen LogP contribution >= 0.6 is 34.8 Å². The Morgan fingerprint density at radius 2 is 1.78 bits per heavy atom. The first-order chi connectivity index (χ1) is 19.2. The Morgan fingerprint density at radius 1 is 1.05 bits per heavy atom. The van der Waals surface area contributed by atoms with Gasteiger partial charge in [0.05, 0.1) is 21.7 Å². The van der Waals surface area contributed by atoms with Gasteiger partial charge >= 0.3 is 0 Å². The van der Waals surface area contributed by atoms with Crippen molar-refractivity contribution in [2.45, 2.75) is 50.6 Å². The Balaban J connectivity index is 1.69. The number of halogens is 4. The van der Waals surface area contributed by atoms with Crippen molar-refractivity contribution < 1.29 is 18.8 Å². The monoisotopic (exact) mass is 616 g/mol. The summed E-state index contributed by atoms with van der Waals surface area (Å²) >= 11 is 18.7. The summed E-state index contributed by atoms with van der Waals surface area (Å²) in [6.07, 6.45) is 0.476. The summed E-state index contributed by atoms with van der Waals surface area (Å²) in [4.78, 5) is 39.8. The molecule has 0 radical (unpaired) electrons. The molecular formula is C30H28Cl3FN4O3. The molecule has 2 aliphatic heterocycles. The minimum Gasteiger partial charge on any atom is -0.366 e. The van der Waals surface area contributed by atoms with Gasteiger partial charge in [0, 0.05) is 28.4 Å². The number of carbonyl (C=O) groups is 3. The molecule has 4 unspecified atom stereocenters. The fourth-order valence-electron chi connectivity index (χ4n) is 6.16. The molecule has 1 spiro atoms. The lowest BCUT2D eigenvalue weighted by atomic mass is 9.62. The van der Waals surface area contributed by atoms with Crippen LogP contribution in [0.4, 0.5) is 15.8 Å². The molecule has 3 amide bonds. The van der Waals surface area contributed by atoms with Crippen LogP contribution in [0.15, 0.2) is 54.6 Å². The summed E-state index contributed by atoms with van der Waals surface area (Å²) in [5.74, 6) is -3.32. The van der Waals surface area contributed by atoms with Crippen LogP contribution in [0.1, 0.15) is 54.6 Å². The molecule has 0 bridgehead atoms. The van der Waals surface area contributed by atoms with Crippen molar-refractivity contribution in [3.8, 4) is 0 Å². The number of benzene rings is 3. The quantitative estimate of drug-likeness (QED) is 0.270. The smallest absolute Gasteiger partial charge is 0.250 e. The van der Waals surface area contributed by atoms with E-state index in [9.17, 15) is 14.4 Å². The van der Waals surface area contributed by atoms with E-state index >= 15 is 4.39 Å². The van der Waals surface area contributed by atoms with Crippen molar-refractivity contribution in [2.75, 3.05) is 10.6 Å². The average molecular weight is 618 g/mol. The molecule has 2 heterocycles. The molecule has 0 aromatic heterocycles. The fraction of sp³-hybridized carbons (Fsp3) is 0.300. The minimum atomic E-state index is -1.38. The van der Waals surface area contributed by atoms with Crippen molar-refractivity contribution in [3.63, 3.8) is 0 Å². The van der Waals surface area contributed by atoms with E-state index in [1.165, 1.54) is 24.3 Å². The molecule has 4 atom stereocenters. The van der Waals surface area contributed by atoms with Crippen LogP contribution in [0.25, 0.3) is 0 Å². The highest BCUT2D eigenvalue weighted by Crippen LogP contribution is 2.57. The van der Waals surface area contributed by atoms with E-state index in [0.717, 1.165) is 0 Å². The molecule has 2 aliphatic rings. The fourth-order valence-corrected chi connectivity index (χ4v) is 6.79. The zero-order chi connectivity index (χ0) is 29.9. The number of nitrogens with two attached hydrogens (primary N) is 1. The van der Waals surface area contributed by atoms with Gasteiger partial charge in [0.25, 0.3) is 0 Å². The third-order valence-corrected chi connectivity index (χ3v) is 8.56. The molecule has 0 aliphatic carbocycles. The van der Waals surface area contributed by atoms with E-state index < -0.39 is 41.0 Å². The van der Waals surface area contributed by atoms with Gasteiger partial charge in [0.15, 0.2) is 0 Å². The van der Waals surface area contributed by atoms with Gasteiger partial charge in [-0.2, -0.15) is 0 Å². The number of rotatable bonds is 5. The maximum absolute atomic E-state index is 15.9. The van der Waals surface area contributed by atoms with Crippen LogP contribution in [-0.4, -0.2) is 29.8 Å². The van der Waals surface area contributed by atoms with Crippen LogP contribution in [0.3, 0.4) is 0 Å². The second kappa shape index (κ2) is 10.6. The number of anilines is 2. The molecule has 5 rings (SSSR count). The van der Waals surface area contributed by atoms with Crippen LogP contribution in [-0.2, 0) is 15.0 Å². The summed E-state index contributed by atoms with van der Waals surface area (Å²) in [5, 5.41) is 9.53. The standard InChI is InChI=1S/C30H28Cl3FN4O3/c1-29(2,3)13-22-30(18-10-7-14(31)11-21(18)37-28(30)41)23(17-5-4-6-19(32)24(17)34)25(38-22)27(40)36-15-8-9-16(26(35)39)20(33)12-15/h4-12,22-23,25,38H,13H2,1-3H3,(H2,35,39)(H,36,40)(H,37,41). The molecular weight excluding hydrogens is 590 g/mol. The first kappa shape index (κ1) is 29.3. The number of primary amides is 1. The first-order valence-corrected chi connectivity index (χ1v) is 14.1. The molecule has 0 saturated carbocycles. The summed E-state index contributed by atoms with van der Waals surface area (Å²) in [5.41, 5.74) is 5.34. The number of amides is 3. The van der Waals surface area contributed by atoms with Crippen LogP contribution in [0.5, 0.6) is 0 Å². The van der Waals surface area contributed by atoms with Gasteiger partial charge < -0.3 is 21.7 Å². The molecule has 11 heteroatoms. The van der Waals surface area contributed by atoms with Crippen LogP contribution in [0, 0.1) is 11.2 Å². The third kappa shape index (κ3) is 5.07. The van der Waals surface area contributed by atoms with E-state index in [1.54, 1.807) is 30.3 Å². The number of nitrogens with one attached hydrogen (secondary N) is 3. The largest absolute Gasteiger partial charge is 0.366 e. The van der Waals surface area contributed by atoms with Gasteiger partial charge in [-0.25, -0.2) is 4.39 Å². The van der Waals surface area contributed by atoms with Crippen molar-refractivity contribution in [2.24, 2.45) is 11.1 Å². The van der Waals surface area contributed by atoms with Gasteiger partial charge in [0.1, 0.15) is 11.2 Å². The second-order valence-corrected chi connectivity index (χ2v) is 12.9. The Bertz CT molecular complexity index is 1590. The van der Waals surface area contributed by atoms with Gasteiger partial charge in [-0.05, 0) is 59.4 Å². The van der Waals surface area contributed by atoms with E-state index in [1.807, 2.05) is 20.8 Å². The van der Waals surface area contributed by atoms with Crippen molar-refractivity contribution in [3.05, 3.63) is 92.2 Å². The molecule has 5 N–H and O–H groups in total. The molecule has 1 saturated heterocycles. The maximum atomic E-state index is 15.9. The predicted molar refractivity (Wildman–Crippen MR) is 159 cm³/mol. The zero-order valence-electron chi connectivity index (χ0n) is 22.4. The topological polar surface area (TPSA) is 113 Å². The SMILES string of the molecule is CC(C)(C)CC1NC(C(=O)Nc2ccc(C(N)=O)c(Cl)c2)C(c2cccc(Cl)c2F)C12C(=O)Nc1cc(Cl)ccc12. The van der Waals surface area contributed by atoms with Gasteiger partial charge in [-0.15, -0.1) is 0 Å². The Kier molecular flexibility index (Phi) is 7.57. The Morgan fingerprint density at radius 3 is 2.44 bits per heavy atom. The number of hydrogen-bond acceptors (Lipinski definition) is 4. The third-order valence-electron chi connectivity index (χ3n) is 7.72. The molecule has 1 fully saturated rings. The normalized spacial score (nSPS) is 23.4. The van der Waals surface area contributed by atoms with Gasteiger partial charge in [-0.3, -0.25) is 14.4 Å².